The largest absolute Gasteiger partial charge is 0.124 e. The Labute approximate surface area is 54.7 Å². The van der Waals surface area contributed by atoms with Crippen molar-refractivity contribution < 1.29 is 0 Å². The van der Waals surface area contributed by atoms with E-state index in [1.807, 2.05) is 0 Å². The molecule has 0 spiro atoms. The predicted molar refractivity (Wildman–Crippen MR) is 34.6 cm³/mol. The molecule has 0 aromatic rings. The summed E-state index contributed by atoms with van der Waals surface area (Å²) in [6.07, 6.45) is 1.28. The first-order valence-electron chi connectivity index (χ1n) is 2.94. The molecule has 2 radical (unpaired) electrons. The molecule has 7 heavy (non-hydrogen) atoms. The fourth-order valence-electron chi connectivity index (χ4n) is 0.471. The summed E-state index contributed by atoms with van der Waals surface area (Å²) in [5.41, 5.74) is 0. The maximum absolute atomic E-state index is 2.85. The minimum absolute atomic E-state index is 0.819. The average molecular weight is 112 g/mol. The van der Waals surface area contributed by atoms with Gasteiger partial charge in [0.1, 0.15) is 16.3 Å². The molecule has 1 heteroatoms. The van der Waals surface area contributed by atoms with Crippen LogP contribution in [0, 0.1) is 5.92 Å². The Bertz CT molecular complexity index is 41.4. The van der Waals surface area contributed by atoms with Gasteiger partial charge in [0.05, 0.1) is 0 Å². The lowest BCUT2D eigenvalue weighted by molar-refractivity contribution is 0.575. The summed E-state index contributed by atoms with van der Waals surface area (Å²) in [6.45, 7) is 6.72. The molecule has 0 saturated carbocycles. The maximum Gasteiger partial charge on any atom is 0.124 e. The quantitative estimate of drug-likeness (QED) is 0.479. The molecule has 0 N–H and O–H groups in total. The highest BCUT2D eigenvalue weighted by atomic mass is 27.0. The normalized spacial score (nSPS) is 14.9. The highest BCUT2D eigenvalue weighted by Crippen LogP contribution is 2.15. The molecule has 0 heterocycles. The molecule has 0 aliphatic carbocycles. The van der Waals surface area contributed by atoms with Gasteiger partial charge in [-0.3, -0.25) is 0 Å². The van der Waals surface area contributed by atoms with Crippen LogP contribution in [0.1, 0.15) is 27.2 Å². The second-order valence-corrected chi connectivity index (χ2v) is 3.17. The zero-order valence-corrected chi connectivity index (χ0v) is 6.59. The van der Waals surface area contributed by atoms with Crippen molar-refractivity contribution in [2.75, 3.05) is 0 Å². The van der Waals surface area contributed by atoms with Crippen molar-refractivity contribution in [3.63, 3.8) is 0 Å². The molecular weight excluding hydrogens is 99.0 g/mol. The third-order valence-corrected chi connectivity index (χ3v) is 2.57. The van der Waals surface area contributed by atoms with E-state index in [-0.39, 0.29) is 0 Å². The highest BCUT2D eigenvalue weighted by Gasteiger charge is 2.00. The molecule has 0 fully saturated rings. The fourth-order valence-corrected chi connectivity index (χ4v) is 0.471. The van der Waals surface area contributed by atoms with Gasteiger partial charge in [-0.25, -0.2) is 0 Å². The standard InChI is InChI=1S/C6H13.Al/c1-4-5-6(2)3;/h5-6H,4H2,1-3H3;. The van der Waals surface area contributed by atoms with E-state index in [0.29, 0.717) is 0 Å². The van der Waals surface area contributed by atoms with Crippen LogP contribution in [-0.4, -0.2) is 16.3 Å². The summed E-state index contributed by atoms with van der Waals surface area (Å²) < 4.78 is 0.819. The first-order chi connectivity index (χ1) is 3.18. The van der Waals surface area contributed by atoms with Crippen molar-refractivity contribution in [2.45, 2.75) is 32.0 Å². The molecule has 0 aromatic carbocycles. The molecule has 0 nitrogen and oxygen atoms in total. The second kappa shape index (κ2) is 3.52. The van der Waals surface area contributed by atoms with E-state index < -0.39 is 0 Å². The van der Waals surface area contributed by atoms with Crippen LogP contribution in [0.4, 0.5) is 0 Å². The maximum atomic E-state index is 2.85. The summed E-state index contributed by atoms with van der Waals surface area (Å²) in [5.74, 6) is 0.829. The molecule has 1 atom stereocenters. The van der Waals surface area contributed by atoms with Gasteiger partial charge in [-0.05, 0) is 0 Å². The van der Waals surface area contributed by atoms with Crippen LogP contribution in [-0.2, 0) is 0 Å². The van der Waals surface area contributed by atoms with Crippen LogP contribution in [0.5, 0.6) is 0 Å². The Morgan fingerprint density at radius 2 is 1.86 bits per heavy atom. The van der Waals surface area contributed by atoms with Crippen molar-refractivity contribution in [3.05, 3.63) is 0 Å². The van der Waals surface area contributed by atoms with Gasteiger partial charge in [-0.1, -0.05) is 33.1 Å². The topological polar surface area (TPSA) is 0 Å². The van der Waals surface area contributed by atoms with Gasteiger partial charge in [-0.2, -0.15) is 0 Å². The lowest BCUT2D eigenvalue weighted by atomic mass is 10.1. The van der Waals surface area contributed by atoms with Crippen LogP contribution in [0.15, 0.2) is 0 Å². The third-order valence-electron chi connectivity index (χ3n) is 1.33. The van der Waals surface area contributed by atoms with Crippen LogP contribution >= 0.6 is 0 Å². The van der Waals surface area contributed by atoms with E-state index in [1.54, 1.807) is 0 Å². The Kier molecular flexibility index (Phi) is 3.79. The van der Waals surface area contributed by atoms with E-state index in [2.05, 4.69) is 37.1 Å². The van der Waals surface area contributed by atoms with Crippen molar-refractivity contribution in [3.8, 4) is 0 Å². The number of hydrogen-bond donors (Lipinski definition) is 0. The number of hydrogen-bond acceptors (Lipinski definition) is 0. The summed E-state index contributed by atoms with van der Waals surface area (Å²) in [4.78, 5) is 0. The van der Waals surface area contributed by atoms with E-state index in [1.165, 1.54) is 6.42 Å². The lowest BCUT2D eigenvalue weighted by Crippen LogP contribution is -1.98. The molecule has 0 rings (SSSR count). The second-order valence-electron chi connectivity index (χ2n) is 2.32. The van der Waals surface area contributed by atoms with Gasteiger partial charge in [0, 0.05) is 0 Å². The molecule has 0 aromatic heterocycles. The first-order valence-corrected chi connectivity index (χ1v) is 3.60. The minimum atomic E-state index is 0.819. The monoisotopic (exact) mass is 112 g/mol. The van der Waals surface area contributed by atoms with Gasteiger partial charge in [-0.15, -0.1) is 4.78 Å². The van der Waals surface area contributed by atoms with Gasteiger partial charge in [0.15, 0.2) is 0 Å². The highest BCUT2D eigenvalue weighted by molar-refractivity contribution is 6.11. The zero-order chi connectivity index (χ0) is 5.86. The smallest absolute Gasteiger partial charge is 0.105 e. The summed E-state index contributed by atoms with van der Waals surface area (Å²) in [6, 6.07) is 0. The number of rotatable bonds is 2. The van der Waals surface area contributed by atoms with Gasteiger partial charge in [0.2, 0.25) is 0 Å². The van der Waals surface area contributed by atoms with Crippen LogP contribution in [0.25, 0.3) is 0 Å². The minimum Gasteiger partial charge on any atom is -0.105 e. The van der Waals surface area contributed by atoms with Crippen molar-refractivity contribution in [1.82, 2.24) is 0 Å². The molecule has 0 saturated heterocycles. The molecular formula is C6H13Al. The van der Waals surface area contributed by atoms with Gasteiger partial charge < -0.3 is 0 Å². The van der Waals surface area contributed by atoms with Crippen LogP contribution in [0.2, 0.25) is 4.78 Å². The molecule has 0 aliphatic heterocycles. The molecule has 40 valence electrons. The van der Waals surface area contributed by atoms with E-state index in [9.17, 15) is 0 Å². The SMILES string of the molecule is CC[CH]([Al])C(C)C. The Morgan fingerprint density at radius 3 is 1.86 bits per heavy atom. The van der Waals surface area contributed by atoms with Crippen molar-refractivity contribution in [2.24, 2.45) is 5.92 Å². The van der Waals surface area contributed by atoms with E-state index in [4.69, 9.17) is 0 Å². The molecule has 0 amide bonds. The van der Waals surface area contributed by atoms with Crippen LogP contribution < -0.4 is 0 Å². The summed E-state index contributed by atoms with van der Waals surface area (Å²) >= 11 is 2.85. The van der Waals surface area contributed by atoms with Crippen molar-refractivity contribution in [1.29, 1.82) is 0 Å². The van der Waals surface area contributed by atoms with Crippen molar-refractivity contribution >= 4 is 16.3 Å². The lowest BCUT2D eigenvalue weighted by Gasteiger charge is -2.11. The summed E-state index contributed by atoms with van der Waals surface area (Å²) in [7, 11) is 0. The molecule has 0 bridgehead atoms. The Morgan fingerprint density at radius 1 is 1.43 bits per heavy atom. The third kappa shape index (κ3) is 3.14. The molecule has 1 unspecified atom stereocenters. The van der Waals surface area contributed by atoms with E-state index >= 15 is 0 Å². The Balaban J connectivity index is 3.14. The first kappa shape index (κ1) is 7.53. The molecule has 0 aliphatic rings. The van der Waals surface area contributed by atoms with Gasteiger partial charge >= 0.3 is 0 Å². The average Bonchev–Trinajstić information content (AvgIpc) is 1.65. The van der Waals surface area contributed by atoms with Gasteiger partial charge in [0.25, 0.3) is 0 Å². The van der Waals surface area contributed by atoms with E-state index in [0.717, 1.165) is 10.7 Å². The predicted octanol–water partition coefficient (Wildman–Crippen LogP) is 2.01. The Hall–Kier alpha value is 0.532. The zero-order valence-electron chi connectivity index (χ0n) is 5.44. The van der Waals surface area contributed by atoms with Crippen LogP contribution in [0.3, 0.4) is 0 Å². The fraction of sp³-hybridized carbons (Fsp3) is 1.00. The summed E-state index contributed by atoms with van der Waals surface area (Å²) in [5, 5.41) is 0.